The Bertz CT molecular complexity index is 3720. The van der Waals surface area contributed by atoms with Crippen LogP contribution in [0.3, 0.4) is 0 Å². The van der Waals surface area contributed by atoms with Gasteiger partial charge in [-0.15, -0.1) is 0 Å². The van der Waals surface area contributed by atoms with Crippen LogP contribution in [0, 0.1) is 0 Å². The molecule has 7 aromatic carbocycles. The molecule has 9 heteroatoms. The molecule has 0 unspecified atom stereocenters. The lowest BCUT2D eigenvalue weighted by Gasteiger charge is -2.36. The maximum Gasteiger partial charge on any atom is 0.186 e. The fraction of sp³-hybridized carbons (Fsp3) is 0.0145. The van der Waals surface area contributed by atoms with Crippen molar-refractivity contribution in [2.45, 2.75) is 5.60 Å². The second kappa shape index (κ2) is 23.3. The van der Waals surface area contributed by atoms with Gasteiger partial charge in [-0.2, -0.15) is 0 Å². The molecule has 0 fully saturated rings. The molecule has 3 aliphatic rings. The van der Waals surface area contributed by atoms with Gasteiger partial charge < -0.3 is 4.74 Å². The smallest absolute Gasteiger partial charge is 0.186 e. The van der Waals surface area contributed by atoms with Crippen LogP contribution in [-0.4, -0.2) is 41.5 Å². The van der Waals surface area contributed by atoms with Crippen molar-refractivity contribution in [2.24, 2.45) is 0 Å². The van der Waals surface area contributed by atoms with Gasteiger partial charge in [0.2, 0.25) is 0 Å². The third-order valence-electron chi connectivity index (χ3n) is 13.4. The van der Waals surface area contributed by atoms with E-state index in [2.05, 4.69) is 115 Å². The van der Waals surface area contributed by atoms with Crippen molar-refractivity contribution in [3.05, 3.63) is 336 Å². The second-order valence-electron chi connectivity index (χ2n) is 18.2. The van der Waals surface area contributed by atoms with Crippen molar-refractivity contribution in [1.82, 2.24) is 29.9 Å². The molecule has 0 bridgehead atoms. The Morgan fingerprint density at radius 3 is 1.26 bits per heavy atom. The van der Waals surface area contributed by atoms with Crippen LogP contribution in [0.2, 0.25) is 0 Å². The van der Waals surface area contributed by atoms with Gasteiger partial charge in [-0.1, -0.05) is 194 Å². The Morgan fingerprint density at radius 2 is 0.821 bits per heavy atom. The monoisotopic (exact) mass is 1010 g/mol. The van der Waals surface area contributed by atoms with Gasteiger partial charge in [0, 0.05) is 64.4 Å². The van der Waals surface area contributed by atoms with E-state index in [4.69, 9.17) is 4.74 Å². The molecule has 9 nitrogen and oxygen atoms in total. The molecule has 374 valence electrons. The number of benzene rings is 7. The van der Waals surface area contributed by atoms with E-state index in [1.165, 1.54) is 12.7 Å². The first kappa shape index (κ1) is 49.6. The molecule has 0 N–H and O–H groups in total. The zero-order valence-electron chi connectivity index (χ0n) is 42.1. The Labute approximate surface area is 453 Å². The van der Waals surface area contributed by atoms with E-state index in [-0.39, 0.29) is 13.0 Å². The van der Waals surface area contributed by atoms with Gasteiger partial charge in [-0.3, -0.25) is 9.59 Å². The summed E-state index contributed by atoms with van der Waals surface area (Å²) in [6, 6.07) is 65.2. The van der Waals surface area contributed by atoms with Crippen molar-refractivity contribution in [2.75, 3.05) is 0 Å². The number of carbonyl (C=O) groups excluding carboxylic acids is 2. The highest BCUT2D eigenvalue weighted by Crippen LogP contribution is 2.44. The Hall–Kier alpha value is -10.6. The summed E-state index contributed by atoms with van der Waals surface area (Å²) in [6.07, 6.45) is 28.3. The summed E-state index contributed by atoms with van der Waals surface area (Å²) in [5.74, 6) is 0.760. The van der Waals surface area contributed by atoms with Crippen LogP contribution in [0.15, 0.2) is 274 Å². The highest BCUT2D eigenvalue weighted by Gasteiger charge is 2.37. The van der Waals surface area contributed by atoms with Crippen LogP contribution in [0.1, 0.15) is 62.9 Å². The number of ketones is 2. The number of hydrogen-bond acceptors (Lipinski definition) is 9. The van der Waals surface area contributed by atoms with Gasteiger partial charge in [-0.05, 0) is 94.1 Å². The van der Waals surface area contributed by atoms with Gasteiger partial charge in [0.25, 0.3) is 0 Å². The van der Waals surface area contributed by atoms with E-state index in [0.29, 0.717) is 11.1 Å². The molecule has 4 heterocycles. The maximum atomic E-state index is 12.4. The van der Waals surface area contributed by atoms with Gasteiger partial charge in [0.05, 0.1) is 16.9 Å². The van der Waals surface area contributed by atoms with Crippen molar-refractivity contribution in [3.8, 4) is 5.75 Å². The summed E-state index contributed by atoms with van der Waals surface area (Å²) < 4.78 is 6.66. The molecule has 13 rings (SSSR count). The normalized spacial score (nSPS) is 14.3. The average molecular weight is 1010 g/mol. The fourth-order valence-corrected chi connectivity index (χ4v) is 9.55. The summed E-state index contributed by atoms with van der Waals surface area (Å²) in [6.45, 7) is 0. The van der Waals surface area contributed by atoms with Gasteiger partial charge in [0.1, 0.15) is 24.7 Å². The molecule has 0 saturated heterocycles. The van der Waals surface area contributed by atoms with Crippen molar-refractivity contribution in [1.29, 1.82) is 0 Å². The summed E-state index contributed by atoms with van der Waals surface area (Å²) in [5.41, 5.74) is 14.2. The van der Waals surface area contributed by atoms with Crippen LogP contribution in [0.4, 0.5) is 0 Å². The predicted octanol–water partition coefficient (Wildman–Crippen LogP) is 14.4. The van der Waals surface area contributed by atoms with Gasteiger partial charge in [-0.25, -0.2) is 29.9 Å². The molecule has 0 saturated carbocycles. The first-order valence-electron chi connectivity index (χ1n) is 25.4. The minimum atomic E-state index is -0.654. The number of hydrogen-bond donors (Lipinski definition) is 0. The minimum Gasteiger partial charge on any atom is -0.473 e. The topological polar surface area (TPSA) is 121 Å². The largest absolute Gasteiger partial charge is 0.473 e. The first-order valence-corrected chi connectivity index (χ1v) is 25.4. The molecule has 0 atom stereocenters. The Kier molecular flexibility index (Phi) is 14.8. The Morgan fingerprint density at radius 1 is 0.423 bits per heavy atom. The zero-order valence-corrected chi connectivity index (χ0v) is 42.1. The molecular weight excluding hydrogens is 961 g/mol. The maximum absolute atomic E-state index is 12.4. The fourth-order valence-electron chi connectivity index (χ4n) is 9.55. The number of fused-ring (bicyclic) bond motifs is 5. The van der Waals surface area contributed by atoms with Crippen molar-refractivity contribution >= 4 is 63.0 Å². The van der Waals surface area contributed by atoms with Crippen molar-refractivity contribution in [3.63, 3.8) is 0 Å². The summed E-state index contributed by atoms with van der Waals surface area (Å²) in [7, 11) is 0. The number of rotatable bonds is 8. The third kappa shape index (κ3) is 10.8. The third-order valence-corrected chi connectivity index (χ3v) is 13.4. The van der Waals surface area contributed by atoms with Gasteiger partial charge in [0.15, 0.2) is 17.2 Å². The van der Waals surface area contributed by atoms with Crippen LogP contribution >= 0.6 is 0 Å². The molecule has 3 aromatic heterocycles. The standard InChI is InChI=1S/3C23H16N2O.H2/c1-3-7-17(8-4-1)23(18-9-5-2-6-10-18)14-13-19-20-15-24-16-25-21(20)11-12-22(19)26-23;2*26-23-14-13-22-21(15-24-16-25-22)20(23)12-11-19(17-7-3-1-4-8-17)18-9-5-2-6-10-18;/h3*1-16H;1H/b;20-12+;20-12-;/i;;;1+1. The minimum absolute atomic E-state index is 0. The lowest BCUT2D eigenvalue weighted by atomic mass is 9.83. The predicted molar refractivity (Wildman–Crippen MR) is 313 cm³/mol. The quantitative estimate of drug-likeness (QED) is 0.137. The molecule has 0 spiro atoms. The molecule has 2 aliphatic carbocycles. The van der Waals surface area contributed by atoms with Crippen LogP contribution < -0.4 is 4.74 Å². The molecule has 0 amide bonds. The summed E-state index contributed by atoms with van der Waals surface area (Å²) in [4.78, 5) is 49.9. The number of ether oxygens (including phenoxy) is 1. The number of aromatic nitrogens is 6. The lowest BCUT2D eigenvalue weighted by molar-refractivity contribution is -0.110. The van der Waals surface area contributed by atoms with E-state index in [0.717, 1.165) is 89.3 Å². The zero-order chi connectivity index (χ0) is 52.9. The van der Waals surface area contributed by atoms with Gasteiger partial charge >= 0.3 is 0 Å². The van der Waals surface area contributed by atoms with E-state index in [9.17, 15) is 9.59 Å². The lowest BCUT2D eigenvalue weighted by Crippen LogP contribution is -2.34. The highest BCUT2D eigenvalue weighted by molar-refractivity contribution is 6.30. The van der Waals surface area contributed by atoms with Crippen LogP contribution in [0.5, 0.6) is 5.75 Å². The van der Waals surface area contributed by atoms with Crippen LogP contribution in [0.25, 0.3) is 51.4 Å². The van der Waals surface area contributed by atoms with Crippen LogP contribution in [-0.2, 0) is 15.2 Å². The second-order valence-corrected chi connectivity index (χ2v) is 18.2. The molecule has 78 heavy (non-hydrogen) atoms. The summed E-state index contributed by atoms with van der Waals surface area (Å²) in [5, 5.41) is 0.996. The first-order chi connectivity index (χ1) is 38.5. The molecule has 10 aromatic rings. The average Bonchev–Trinajstić information content (AvgIpc) is 3.58. The number of nitrogens with zero attached hydrogens (tertiary/aromatic N) is 6. The van der Waals surface area contributed by atoms with E-state index < -0.39 is 5.60 Å². The molecule has 0 radical (unpaired) electrons. The summed E-state index contributed by atoms with van der Waals surface area (Å²) >= 11 is 0. The SMILES string of the molecule is C1=CC(c2ccccc2)(c2ccccc2)Oc2ccc3ncncc3c21.O=C1C=Cc2ncncc2/C1=C/C=C(c1ccccc1)c1ccccc1.O=C1C=Cc2ncncc2/C1=C\C=C(c1ccccc1)c1ccccc1.[2HH]. The van der Waals surface area contributed by atoms with Crippen molar-refractivity contribution < 1.29 is 15.8 Å². The number of allylic oxidation sites excluding steroid dienone is 8. The Balaban J connectivity index is 0.000000133. The van der Waals surface area contributed by atoms with E-state index in [1.54, 1.807) is 43.0 Å². The van der Waals surface area contributed by atoms with E-state index >= 15 is 0 Å². The molecular formula is C69H50N6O3. The van der Waals surface area contributed by atoms with E-state index in [1.807, 2.05) is 152 Å². The highest BCUT2D eigenvalue weighted by atomic mass is 16.5. The number of carbonyl (C=O) groups is 2. The molecule has 1 aliphatic heterocycles.